The molecule has 0 bridgehead atoms. The third-order valence-electron chi connectivity index (χ3n) is 2.99. The maximum atomic E-state index is 12.0. The Bertz CT molecular complexity index is 479. The maximum absolute atomic E-state index is 12.0. The lowest BCUT2D eigenvalue weighted by Crippen LogP contribution is -2.32. The van der Waals surface area contributed by atoms with Gasteiger partial charge in [0.25, 0.3) is 0 Å². The third-order valence-corrected chi connectivity index (χ3v) is 4.37. The molecule has 1 aromatic carbocycles. The SMILES string of the molecule is Cc1ccccc1NS(=O)(=O)CC1CCCN1. The minimum atomic E-state index is -3.25. The summed E-state index contributed by atoms with van der Waals surface area (Å²) in [5, 5.41) is 3.19. The van der Waals surface area contributed by atoms with Crippen LogP contribution in [0.3, 0.4) is 0 Å². The molecular formula is C12H18N2O2S. The van der Waals surface area contributed by atoms with Crippen molar-refractivity contribution in [3.05, 3.63) is 29.8 Å². The molecule has 4 nitrogen and oxygen atoms in total. The van der Waals surface area contributed by atoms with Gasteiger partial charge in [0.15, 0.2) is 0 Å². The van der Waals surface area contributed by atoms with E-state index in [1.807, 2.05) is 25.1 Å². The molecule has 1 aliphatic rings. The largest absolute Gasteiger partial charge is 0.313 e. The van der Waals surface area contributed by atoms with Crippen LogP contribution in [0, 0.1) is 6.92 Å². The monoisotopic (exact) mass is 254 g/mol. The quantitative estimate of drug-likeness (QED) is 0.856. The molecule has 5 heteroatoms. The summed E-state index contributed by atoms with van der Waals surface area (Å²) >= 11 is 0. The van der Waals surface area contributed by atoms with E-state index in [1.54, 1.807) is 6.07 Å². The highest BCUT2D eigenvalue weighted by Gasteiger charge is 2.22. The van der Waals surface area contributed by atoms with Gasteiger partial charge in [0.2, 0.25) is 10.0 Å². The standard InChI is InChI=1S/C12H18N2O2S/c1-10-5-2-3-7-12(10)14-17(15,16)9-11-6-4-8-13-11/h2-3,5,7,11,13-14H,4,6,8-9H2,1H3. The van der Waals surface area contributed by atoms with Crippen molar-refractivity contribution in [3.8, 4) is 0 Å². The second-order valence-corrected chi connectivity index (χ2v) is 6.26. The molecule has 0 amide bonds. The van der Waals surface area contributed by atoms with Crippen LogP contribution in [0.4, 0.5) is 5.69 Å². The Labute approximate surface area is 102 Å². The van der Waals surface area contributed by atoms with Crippen LogP contribution in [0.5, 0.6) is 0 Å². The Morgan fingerprint density at radius 1 is 1.41 bits per heavy atom. The van der Waals surface area contributed by atoms with Gasteiger partial charge >= 0.3 is 0 Å². The smallest absolute Gasteiger partial charge is 0.234 e. The fourth-order valence-electron chi connectivity index (χ4n) is 2.06. The van der Waals surface area contributed by atoms with E-state index >= 15 is 0 Å². The van der Waals surface area contributed by atoms with Crippen molar-refractivity contribution in [2.75, 3.05) is 17.0 Å². The molecule has 1 saturated heterocycles. The van der Waals surface area contributed by atoms with Crippen LogP contribution in [0.1, 0.15) is 18.4 Å². The molecule has 0 saturated carbocycles. The van der Waals surface area contributed by atoms with Crippen LogP contribution in [0.25, 0.3) is 0 Å². The maximum Gasteiger partial charge on any atom is 0.234 e. The predicted molar refractivity (Wildman–Crippen MR) is 69.6 cm³/mol. The van der Waals surface area contributed by atoms with E-state index in [9.17, 15) is 8.42 Å². The first-order valence-corrected chi connectivity index (χ1v) is 7.51. The summed E-state index contributed by atoms with van der Waals surface area (Å²) in [7, 11) is -3.25. The molecule has 1 atom stereocenters. The summed E-state index contributed by atoms with van der Waals surface area (Å²) in [6, 6.07) is 7.50. The number of para-hydroxylation sites is 1. The third kappa shape index (κ3) is 3.44. The summed E-state index contributed by atoms with van der Waals surface area (Å²) in [5.74, 6) is 0.154. The van der Waals surface area contributed by atoms with Gasteiger partial charge in [-0.25, -0.2) is 8.42 Å². The molecule has 0 aliphatic carbocycles. The molecule has 0 aromatic heterocycles. The van der Waals surface area contributed by atoms with Gasteiger partial charge in [-0.15, -0.1) is 0 Å². The van der Waals surface area contributed by atoms with Gasteiger partial charge in [-0.05, 0) is 37.9 Å². The first kappa shape index (κ1) is 12.4. The van der Waals surface area contributed by atoms with Crippen LogP contribution in [0.2, 0.25) is 0 Å². The number of sulfonamides is 1. The zero-order valence-electron chi connectivity index (χ0n) is 9.94. The summed E-state index contributed by atoms with van der Waals surface area (Å²) in [6.45, 7) is 2.82. The fraction of sp³-hybridized carbons (Fsp3) is 0.500. The summed E-state index contributed by atoms with van der Waals surface area (Å²) in [4.78, 5) is 0. The molecule has 1 heterocycles. The number of benzene rings is 1. The minimum Gasteiger partial charge on any atom is -0.313 e. The van der Waals surface area contributed by atoms with Crippen LogP contribution in [-0.2, 0) is 10.0 Å². The first-order valence-electron chi connectivity index (χ1n) is 5.86. The fourth-order valence-corrected chi connectivity index (χ4v) is 3.52. The molecule has 2 rings (SSSR count). The molecular weight excluding hydrogens is 236 g/mol. The normalized spacial score (nSPS) is 20.4. The highest BCUT2D eigenvalue weighted by atomic mass is 32.2. The van der Waals surface area contributed by atoms with E-state index in [0.29, 0.717) is 5.69 Å². The van der Waals surface area contributed by atoms with Crippen molar-refractivity contribution in [1.82, 2.24) is 5.32 Å². The van der Waals surface area contributed by atoms with E-state index in [0.717, 1.165) is 24.9 Å². The van der Waals surface area contributed by atoms with E-state index < -0.39 is 10.0 Å². The van der Waals surface area contributed by atoms with E-state index in [1.165, 1.54) is 0 Å². The number of hydrogen-bond donors (Lipinski definition) is 2. The average Bonchev–Trinajstić information content (AvgIpc) is 2.73. The molecule has 0 radical (unpaired) electrons. The minimum absolute atomic E-state index is 0.0940. The van der Waals surface area contributed by atoms with Crippen LogP contribution in [-0.4, -0.2) is 26.8 Å². The lowest BCUT2D eigenvalue weighted by atomic mass is 10.2. The zero-order chi connectivity index (χ0) is 12.3. The van der Waals surface area contributed by atoms with Crippen LogP contribution >= 0.6 is 0 Å². The molecule has 17 heavy (non-hydrogen) atoms. The highest BCUT2D eigenvalue weighted by Crippen LogP contribution is 2.16. The van der Waals surface area contributed by atoms with Gasteiger partial charge in [0.1, 0.15) is 0 Å². The van der Waals surface area contributed by atoms with Gasteiger partial charge in [-0.1, -0.05) is 18.2 Å². The second kappa shape index (κ2) is 5.06. The lowest BCUT2D eigenvalue weighted by Gasteiger charge is -2.13. The zero-order valence-corrected chi connectivity index (χ0v) is 10.8. The van der Waals surface area contributed by atoms with Crippen molar-refractivity contribution in [2.24, 2.45) is 0 Å². The number of hydrogen-bond acceptors (Lipinski definition) is 3. The Balaban J connectivity index is 2.04. The number of aryl methyl sites for hydroxylation is 1. The van der Waals surface area contributed by atoms with E-state index in [-0.39, 0.29) is 11.8 Å². The summed E-state index contributed by atoms with van der Waals surface area (Å²) in [6.07, 6.45) is 2.00. The van der Waals surface area contributed by atoms with Crippen LogP contribution < -0.4 is 10.0 Å². The molecule has 94 valence electrons. The Kier molecular flexibility index (Phi) is 3.69. The van der Waals surface area contributed by atoms with E-state index in [4.69, 9.17) is 0 Å². The van der Waals surface area contributed by atoms with E-state index in [2.05, 4.69) is 10.0 Å². The molecule has 1 unspecified atom stereocenters. The first-order chi connectivity index (χ1) is 8.07. The molecule has 2 N–H and O–H groups in total. The average molecular weight is 254 g/mol. The van der Waals surface area contributed by atoms with Gasteiger partial charge < -0.3 is 5.32 Å². The Morgan fingerprint density at radius 3 is 2.82 bits per heavy atom. The van der Waals surface area contributed by atoms with Crippen molar-refractivity contribution < 1.29 is 8.42 Å². The van der Waals surface area contributed by atoms with Crippen molar-refractivity contribution >= 4 is 15.7 Å². The van der Waals surface area contributed by atoms with Gasteiger partial charge in [-0.3, -0.25) is 4.72 Å². The van der Waals surface area contributed by atoms with Crippen molar-refractivity contribution in [3.63, 3.8) is 0 Å². The van der Waals surface area contributed by atoms with Crippen molar-refractivity contribution in [2.45, 2.75) is 25.8 Å². The topological polar surface area (TPSA) is 58.2 Å². The van der Waals surface area contributed by atoms with Gasteiger partial charge in [0, 0.05) is 6.04 Å². The molecule has 1 aliphatic heterocycles. The Hall–Kier alpha value is -1.07. The number of rotatable bonds is 4. The molecule has 1 aromatic rings. The summed E-state index contributed by atoms with van der Waals surface area (Å²) in [5.41, 5.74) is 1.61. The second-order valence-electron chi connectivity index (χ2n) is 4.49. The lowest BCUT2D eigenvalue weighted by molar-refractivity contribution is 0.581. The summed E-state index contributed by atoms with van der Waals surface area (Å²) < 4.78 is 26.6. The number of anilines is 1. The van der Waals surface area contributed by atoms with Gasteiger partial charge in [-0.2, -0.15) is 0 Å². The predicted octanol–water partition coefficient (Wildman–Crippen LogP) is 1.49. The molecule has 0 spiro atoms. The highest BCUT2D eigenvalue weighted by molar-refractivity contribution is 7.92. The Morgan fingerprint density at radius 2 is 2.18 bits per heavy atom. The van der Waals surface area contributed by atoms with Crippen LogP contribution in [0.15, 0.2) is 24.3 Å². The van der Waals surface area contributed by atoms with Gasteiger partial charge in [0.05, 0.1) is 11.4 Å². The van der Waals surface area contributed by atoms with Crippen molar-refractivity contribution in [1.29, 1.82) is 0 Å². The molecule has 1 fully saturated rings. The number of nitrogens with one attached hydrogen (secondary N) is 2.